The summed E-state index contributed by atoms with van der Waals surface area (Å²) in [6.07, 6.45) is 0.653. The molecule has 2 aliphatic heterocycles. The van der Waals surface area contributed by atoms with Gasteiger partial charge in [-0.3, -0.25) is 24.4 Å². The number of hydrogen-bond acceptors (Lipinski definition) is 9. The van der Waals surface area contributed by atoms with Gasteiger partial charge in [-0.15, -0.1) is 0 Å². The van der Waals surface area contributed by atoms with Crippen molar-refractivity contribution in [1.82, 2.24) is 25.1 Å². The van der Waals surface area contributed by atoms with E-state index >= 15 is 0 Å². The van der Waals surface area contributed by atoms with Crippen LogP contribution in [0.3, 0.4) is 0 Å². The van der Waals surface area contributed by atoms with Gasteiger partial charge >= 0.3 is 12.1 Å². The number of ether oxygens (including phenoxy) is 1. The normalized spacial score (nSPS) is 21.3. The number of piperazine rings is 1. The highest BCUT2D eigenvalue weighted by Gasteiger charge is 2.44. The fourth-order valence-corrected chi connectivity index (χ4v) is 6.42. The largest absolute Gasteiger partial charge is 0.461 e. The van der Waals surface area contributed by atoms with E-state index in [0.717, 1.165) is 22.1 Å². The summed E-state index contributed by atoms with van der Waals surface area (Å²) in [6, 6.07) is 8.04. The Labute approximate surface area is 274 Å². The smallest absolute Gasteiger partial charge is 0.405 e. The molecule has 1 aromatic carbocycles. The second kappa shape index (κ2) is 12.9. The maximum atomic E-state index is 13.3. The van der Waals surface area contributed by atoms with Crippen LogP contribution in [0.4, 0.5) is 13.2 Å². The number of amides is 1. The van der Waals surface area contributed by atoms with Gasteiger partial charge in [0.1, 0.15) is 30.0 Å². The molecule has 0 bridgehead atoms. The maximum Gasteiger partial charge on any atom is 0.405 e. The monoisotopic (exact) mass is 673 g/mol. The second-order valence-electron chi connectivity index (χ2n) is 12.7. The number of aryl methyl sites for hydroxylation is 1. The molecule has 0 spiro atoms. The third kappa shape index (κ3) is 7.31. The van der Waals surface area contributed by atoms with E-state index in [-0.39, 0.29) is 19.1 Å². The lowest BCUT2D eigenvalue weighted by atomic mass is 9.97. The van der Waals surface area contributed by atoms with Crippen LogP contribution in [0, 0.1) is 12.8 Å². The predicted molar refractivity (Wildman–Crippen MR) is 166 cm³/mol. The average molecular weight is 674 g/mol. The Morgan fingerprint density at radius 1 is 1.11 bits per heavy atom. The molecule has 0 unspecified atom stereocenters. The van der Waals surface area contributed by atoms with Gasteiger partial charge in [-0.2, -0.15) is 13.2 Å². The number of nitrogens with zero attached hydrogens (tertiary/aromatic N) is 4. The fourth-order valence-electron chi connectivity index (χ4n) is 6.30. The van der Waals surface area contributed by atoms with Gasteiger partial charge in [-0.25, -0.2) is 4.98 Å². The predicted octanol–water partition coefficient (Wildman–Crippen LogP) is 5.52. The first-order valence-corrected chi connectivity index (χ1v) is 15.7. The van der Waals surface area contributed by atoms with Gasteiger partial charge < -0.3 is 18.9 Å². The number of pyridine rings is 1. The zero-order chi connectivity index (χ0) is 33.5. The molecular weight excluding hydrogens is 639 g/mol. The molecule has 250 valence electrons. The quantitative estimate of drug-likeness (QED) is 0.230. The number of benzene rings is 1. The van der Waals surface area contributed by atoms with Crippen LogP contribution in [0.2, 0.25) is 5.02 Å². The van der Waals surface area contributed by atoms with Crippen molar-refractivity contribution in [3.63, 3.8) is 0 Å². The van der Waals surface area contributed by atoms with Crippen molar-refractivity contribution in [2.24, 2.45) is 5.92 Å². The molecule has 10 nitrogen and oxygen atoms in total. The fraction of sp³-hybridized carbons (Fsp3) is 0.455. The molecule has 1 N–H and O–H groups in total. The summed E-state index contributed by atoms with van der Waals surface area (Å²) < 4.78 is 57.1. The average Bonchev–Trinajstić information content (AvgIpc) is 3.76. The van der Waals surface area contributed by atoms with Crippen LogP contribution in [0.15, 0.2) is 57.8 Å². The van der Waals surface area contributed by atoms with E-state index in [0.29, 0.717) is 48.4 Å². The zero-order valence-electron chi connectivity index (χ0n) is 26.1. The van der Waals surface area contributed by atoms with Crippen LogP contribution in [0.25, 0.3) is 22.3 Å². The van der Waals surface area contributed by atoms with E-state index in [1.54, 1.807) is 35.6 Å². The standard InChI is InChI=1S/C33H35ClF3N5O5/c1-19-13-38-14-22-12-24(45-28(19)22)10-21-11-25(46-30(21)44)16-41-8-9-42(17-26(41)29(43)40-18-33(35,36)37)32(2,3)31-39-15-27(47-31)20-4-6-23(34)7-5-20/h4-7,12-15,21,25-26H,8-11,16-18H2,1-3H3,(H,40,43)/t21-,25+,26+/m1/s1. The van der Waals surface area contributed by atoms with Crippen molar-refractivity contribution in [2.75, 3.05) is 32.7 Å². The topological polar surface area (TPSA) is 114 Å². The van der Waals surface area contributed by atoms with E-state index < -0.39 is 42.2 Å². The van der Waals surface area contributed by atoms with E-state index in [2.05, 4.69) is 9.97 Å². The zero-order valence-corrected chi connectivity index (χ0v) is 26.9. The van der Waals surface area contributed by atoms with Gasteiger partial charge in [0.25, 0.3) is 0 Å². The number of fused-ring (bicyclic) bond motifs is 1. The van der Waals surface area contributed by atoms with Gasteiger partial charge in [0.15, 0.2) is 5.76 Å². The van der Waals surface area contributed by atoms with Crippen LogP contribution in [-0.4, -0.2) is 82.7 Å². The molecule has 2 aliphatic rings. The van der Waals surface area contributed by atoms with Crippen molar-refractivity contribution in [2.45, 2.75) is 57.5 Å². The molecule has 47 heavy (non-hydrogen) atoms. The van der Waals surface area contributed by atoms with Crippen molar-refractivity contribution in [3.8, 4) is 11.3 Å². The highest BCUT2D eigenvalue weighted by Crippen LogP contribution is 2.34. The Kier molecular flexibility index (Phi) is 9.07. The Hall–Kier alpha value is -3.94. The third-order valence-corrected chi connectivity index (χ3v) is 9.16. The summed E-state index contributed by atoms with van der Waals surface area (Å²) in [7, 11) is 0. The summed E-state index contributed by atoms with van der Waals surface area (Å²) in [5.74, 6) is -0.00626. The Morgan fingerprint density at radius 2 is 1.87 bits per heavy atom. The molecule has 3 aromatic heterocycles. The van der Waals surface area contributed by atoms with Gasteiger partial charge in [0.05, 0.1) is 17.7 Å². The molecule has 14 heteroatoms. The van der Waals surface area contributed by atoms with Crippen LogP contribution < -0.4 is 5.32 Å². The number of hydrogen-bond donors (Lipinski definition) is 1. The Morgan fingerprint density at radius 3 is 2.60 bits per heavy atom. The van der Waals surface area contributed by atoms with Crippen molar-refractivity contribution in [3.05, 3.63) is 71.2 Å². The summed E-state index contributed by atoms with van der Waals surface area (Å²) >= 11 is 6.01. The molecular formula is C33H35ClF3N5O5. The van der Waals surface area contributed by atoms with Crippen molar-refractivity contribution < 1.29 is 36.3 Å². The Balaban J connectivity index is 1.15. The number of cyclic esters (lactones) is 1. The first-order chi connectivity index (χ1) is 22.3. The lowest BCUT2D eigenvalue weighted by molar-refractivity contribution is -0.148. The summed E-state index contributed by atoms with van der Waals surface area (Å²) in [5.41, 5.74) is 1.60. The number of carbonyl (C=O) groups excluding carboxylic acids is 2. The lowest BCUT2D eigenvalue weighted by Crippen LogP contribution is -2.63. The molecule has 2 saturated heterocycles. The third-order valence-electron chi connectivity index (χ3n) is 8.91. The van der Waals surface area contributed by atoms with Crippen molar-refractivity contribution in [1.29, 1.82) is 0 Å². The molecule has 0 saturated carbocycles. The number of furan rings is 1. The number of rotatable bonds is 9. The van der Waals surface area contributed by atoms with E-state index in [1.165, 1.54) is 0 Å². The van der Waals surface area contributed by atoms with Crippen LogP contribution in [0.1, 0.15) is 37.5 Å². The SMILES string of the molecule is Cc1cncc2cc(C[C@@H]3C[C@@H](CN4CCN(C(C)(C)c5ncc(-c6ccc(Cl)cc6)o5)C[C@H]4C(=O)NCC(F)(F)F)OC3=O)oc12. The van der Waals surface area contributed by atoms with E-state index in [1.807, 2.05) is 49.2 Å². The number of alkyl halides is 3. The second-order valence-corrected chi connectivity index (χ2v) is 13.1. The van der Waals surface area contributed by atoms with Crippen LogP contribution >= 0.6 is 11.6 Å². The first kappa shape index (κ1) is 33.0. The van der Waals surface area contributed by atoms with Gasteiger partial charge in [-0.05, 0) is 57.5 Å². The first-order valence-electron chi connectivity index (χ1n) is 15.4. The number of carbonyl (C=O) groups is 2. The highest BCUT2D eigenvalue weighted by atomic mass is 35.5. The number of esters is 1. The molecule has 0 aliphatic carbocycles. The minimum Gasteiger partial charge on any atom is -0.461 e. The molecule has 2 fully saturated rings. The molecule has 3 atom stereocenters. The summed E-state index contributed by atoms with van der Waals surface area (Å²) in [6.45, 7) is 5.34. The van der Waals surface area contributed by atoms with Gasteiger partial charge in [-0.1, -0.05) is 11.6 Å². The molecule has 5 heterocycles. The summed E-state index contributed by atoms with van der Waals surface area (Å²) in [5, 5.41) is 3.49. The minimum atomic E-state index is -4.57. The van der Waals surface area contributed by atoms with Gasteiger partial charge in [0, 0.05) is 66.5 Å². The molecule has 4 aromatic rings. The van der Waals surface area contributed by atoms with Crippen LogP contribution in [0.5, 0.6) is 0 Å². The number of oxazole rings is 1. The summed E-state index contributed by atoms with van der Waals surface area (Å²) in [4.78, 5) is 38.6. The number of nitrogens with one attached hydrogen (secondary N) is 1. The molecule has 0 radical (unpaired) electrons. The highest BCUT2D eigenvalue weighted by molar-refractivity contribution is 6.30. The van der Waals surface area contributed by atoms with E-state index in [9.17, 15) is 22.8 Å². The molecule has 6 rings (SSSR count). The Bertz CT molecular complexity index is 1760. The van der Waals surface area contributed by atoms with Gasteiger partial charge in [0.2, 0.25) is 11.8 Å². The number of aromatic nitrogens is 2. The van der Waals surface area contributed by atoms with Crippen molar-refractivity contribution >= 4 is 34.4 Å². The van der Waals surface area contributed by atoms with E-state index in [4.69, 9.17) is 25.2 Å². The lowest BCUT2D eigenvalue weighted by Gasteiger charge is -2.46. The minimum absolute atomic E-state index is 0.103. The van der Waals surface area contributed by atoms with Crippen LogP contribution in [-0.2, 0) is 26.3 Å². The number of halogens is 4. The maximum absolute atomic E-state index is 13.3. The molecule has 1 amide bonds.